The molecule has 6 aromatic rings. The molecule has 2 fully saturated rings. The van der Waals surface area contributed by atoms with Gasteiger partial charge in [0.25, 0.3) is 0 Å². The molecule has 0 bridgehead atoms. The number of hydrogen-bond acceptors (Lipinski definition) is 18. The van der Waals surface area contributed by atoms with Crippen molar-refractivity contribution in [3.05, 3.63) is 71.8 Å². The van der Waals surface area contributed by atoms with Crippen LogP contribution in [0.3, 0.4) is 0 Å². The number of hydrogen-bond donors (Lipinski definition) is 14. The molecule has 2 aliphatic rings. The maximum absolute atomic E-state index is 12.5. The summed E-state index contributed by atoms with van der Waals surface area (Å²) < 4.78 is 23.1. The Labute approximate surface area is 346 Å². The third kappa shape index (κ3) is 6.66. The van der Waals surface area contributed by atoms with Gasteiger partial charge in [0.05, 0.1) is 45.9 Å². The molecule has 0 unspecified atom stereocenters. The number of carboxylic acid groups (broad SMARTS) is 2. The number of benzene rings is 6. The summed E-state index contributed by atoms with van der Waals surface area (Å²) in [4.78, 5) is 24.9. The quantitative estimate of drug-likeness (QED) is 0.0882. The maximum atomic E-state index is 12.5. The Morgan fingerprint density at radius 3 is 1.21 bits per heavy atom. The highest BCUT2D eigenvalue weighted by atomic mass is 16.7. The zero-order chi connectivity index (χ0) is 44.6. The topological polar surface area (TPSA) is 354 Å². The predicted molar refractivity (Wildman–Crippen MR) is 211 cm³/mol. The molecule has 2 heterocycles. The minimum absolute atomic E-state index is 0.0345. The van der Waals surface area contributed by atoms with E-state index in [2.05, 4.69) is 0 Å². The summed E-state index contributed by atoms with van der Waals surface area (Å²) in [6, 6.07) is 12.0. The first-order valence-electron chi connectivity index (χ1n) is 18.8. The Morgan fingerprint density at radius 2 is 0.871 bits per heavy atom. The molecule has 0 aromatic heterocycles. The van der Waals surface area contributed by atoms with Gasteiger partial charge in [-0.15, -0.1) is 0 Å². The van der Waals surface area contributed by atoms with Crippen LogP contribution in [0.2, 0.25) is 0 Å². The monoisotopic (exact) mass is 862 g/mol. The lowest BCUT2D eigenvalue weighted by Gasteiger charge is -2.39. The van der Waals surface area contributed by atoms with Crippen molar-refractivity contribution in [2.24, 2.45) is 0 Å². The van der Waals surface area contributed by atoms with E-state index in [1.165, 1.54) is 36.4 Å². The van der Waals surface area contributed by atoms with Crippen LogP contribution in [0.25, 0.3) is 54.2 Å². The van der Waals surface area contributed by atoms with Crippen LogP contribution in [0.15, 0.2) is 60.7 Å². The van der Waals surface area contributed by atoms with Crippen LogP contribution in [0.1, 0.15) is 20.7 Å². The maximum Gasteiger partial charge on any atom is 0.335 e. The molecule has 10 atom stereocenters. The lowest BCUT2D eigenvalue weighted by Crippen LogP contribution is -2.60. The van der Waals surface area contributed by atoms with E-state index in [-0.39, 0.29) is 54.9 Å². The molecule has 2 saturated heterocycles. The van der Waals surface area contributed by atoms with Crippen LogP contribution in [-0.4, -0.2) is 158 Å². The van der Waals surface area contributed by atoms with Crippen LogP contribution in [0.5, 0.6) is 34.5 Å². The first kappa shape index (κ1) is 42.4. The van der Waals surface area contributed by atoms with Crippen LogP contribution < -0.4 is 9.47 Å². The van der Waals surface area contributed by atoms with Gasteiger partial charge in [0.1, 0.15) is 83.3 Å². The van der Waals surface area contributed by atoms with Crippen LogP contribution in [-0.2, 0) is 9.47 Å². The smallest absolute Gasteiger partial charge is 0.335 e. The summed E-state index contributed by atoms with van der Waals surface area (Å²) in [7, 11) is 0. The second-order valence-corrected chi connectivity index (χ2v) is 14.9. The average Bonchev–Trinajstić information content (AvgIpc) is 3.24. The number of fused-ring (bicyclic) bond motifs is 4. The van der Waals surface area contributed by atoms with Gasteiger partial charge in [-0.1, -0.05) is 24.3 Å². The van der Waals surface area contributed by atoms with Gasteiger partial charge >= 0.3 is 11.9 Å². The van der Waals surface area contributed by atoms with Gasteiger partial charge in [0, 0.05) is 0 Å². The Morgan fingerprint density at radius 1 is 0.500 bits per heavy atom. The zero-order valence-corrected chi connectivity index (χ0v) is 31.7. The van der Waals surface area contributed by atoms with Crippen molar-refractivity contribution in [1.29, 1.82) is 0 Å². The summed E-state index contributed by atoms with van der Waals surface area (Å²) in [5.74, 6) is -6.65. The number of phenolic OH excluding ortho intramolecular Hbond substituents is 4. The van der Waals surface area contributed by atoms with Gasteiger partial charge in [-0.05, 0) is 69.1 Å². The molecule has 0 amide bonds. The normalized spacial score (nSPS) is 26.6. The molecule has 326 valence electrons. The van der Waals surface area contributed by atoms with E-state index in [0.29, 0.717) is 0 Å². The highest BCUT2D eigenvalue weighted by molar-refractivity contribution is 6.29. The summed E-state index contributed by atoms with van der Waals surface area (Å²) in [6.45, 7) is -1.62. The largest absolute Gasteiger partial charge is 0.507 e. The van der Waals surface area contributed by atoms with Crippen molar-refractivity contribution in [2.45, 2.75) is 61.4 Å². The number of aliphatic hydroxyl groups excluding tert-OH is 8. The van der Waals surface area contributed by atoms with E-state index in [0.717, 1.165) is 24.3 Å². The fourth-order valence-corrected chi connectivity index (χ4v) is 8.22. The van der Waals surface area contributed by atoms with Gasteiger partial charge in [0.2, 0.25) is 12.6 Å². The number of aromatic hydroxyl groups is 4. The van der Waals surface area contributed by atoms with Crippen molar-refractivity contribution < 1.29 is 100 Å². The molecule has 0 spiro atoms. The summed E-state index contributed by atoms with van der Waals surface area (Å²) in [5, 5.41) is 149. The van der Waals surface area contributed by atoms with Crippen molar-refractivity contribution in [1.82, 2.24) is 0 Å². The molecule has 20 nitrogen and oxygen atoms in total. The van der Waals surface area contributed by atoms with E-state index in [4.69, 9.17) is 18.9 Å². The number of aliphatic hydroxyl groups is 8. The first-order chi connectivity index (χ1) is 29.5. The Hall–Kier alpha value is -6.30. The summed E-state index contributed by atoms with van der Waals surface area (Å²) in [5.41, 5.74) is -1.16. The summed E-state index contributed by atoms with van der Waals surface area (Å²) in [6.07, 6.45) is -17.6. The second kappa shape index (κ2) is 15.9. The summed E-state index contributed by atoms with van der Waals surface area (Å²) >= 11 is 0. The Balaban J connectivity index is 1.50. The minimum Gasteiger partial charge on any atom is -0.507 e. The fourth-order valence-electron chi connectivity index (χ4n) is 8.22. The van der Waals surface area contributed by atoms with E-state index >= 15 is 0 Å². The molecule has 62 heavy (non-hydrogen) atoms. The van der Waals surface area contributed by atoms with Crippen molar-refractivity contribution >= 4 is 55.0 Å². The van der Waals surface area contributed by atoms with E-state index < -0.39 is 131 Å². The molecular weight excluding hydrogens is 824 g/mol. The zero-order valence-electron chi connectivity index (χ0n) is 31.7. The predicted octanol–water partition coefficient (Wildman–Crippen LogP) is 0.543. The van der Waals surface area contributed by atoms with E-state index in [1.807, 2.05) is 0 Å². The standard InChI is InChI=1S/C42H38O20/c43-11-23-31(47)35(51)37(53)41(61-23)59-21-5-1-3-15-25(17-7-13(39(55)56)9-19(45)27(17)33(49)29(15)21)26-16-4-2-6-22(60-42-38(54)36(52)32(48)24(12-44)62-42)30(16)34(50)28-18(26)8-14(40(57)58)10-20(28)46/h1-10,23-24,31-32,35-38,41-54H,11-12H2,(H,55,56)(H,57,58)/t23-,24-,31-,32-,35+,36+,37-,38-,41-,42+/m1/s1. The highest BCUT2D eigenvalue weighted by Gasteiger charge is 2.46. The molecular formula is C42H38O20. The van der Waals surface area contributed by atoms with Gasteiger partial charge in [-0.2, -0.15) is 0 Å². The SMILES string of the molecule is O=C(O)c1cc(O)c2c(O)c3c(O[C@@H]4O[C@H](CO)[C@@H](O)[C@H](O)[C@H]4O)cccc3c(-c3c4cc(C(=O)O)cc(O)c4c(O)c4c(O[C@H]5O[C@H](CO)[C@@H](O)[C@H](O)[C@H]5O)cccc34)c2c1. The van der Waals surface area contributed by atoms with Gasteiger partial charge in [0.15, 0.2) is 0 Å². The van der Waals surface area contributed by atoms with Crippen LogP contribution in [0.4, 0.5) is 0 Å². The molecule has 0 saturated carbocycles. The molecule has 14 N–H and O–H groups in total. The second-order valence-electron chi connectivity index (χ2n) is 14.9. The van der Waals surface area contributed by atoms with E-state index in [9.17, 15) is 81.1 Å². The number of ether oxygens (including phenoxy) is 4. The third-order valence-electron chi connectivity index (χ3n) is 11.2. The fraction of sp³-hybridized carbons (Fsp3) is 0.286. The van der Waals surface area contributed by atoms with Gasteiger partial charge in [-0.3, -0.25) is 0 Å². The van der Waals surface area contributed by atoms with Gasteiger partial charge in [-0.25, -0.2) is 9.59 Å². The highest BCUT2D eigenvalue weighted by Crippen LogP contribution is 2.55. The number of phenols is 4. The number of carboxylic acids is 2. The molecule has 8 rings (SSSR count). The van der Waals surface area contributed by atoms with Crippen molar-refractivity contribution in [3.63, 3.8) is 0 Å². The Bertz CT molecular complexity index is 2600. The average molecular weight is 863 g/mol. The third-order valence-corrected chi connectivity index (χ3v) is 11.2. The molecule has 0 aliphatic carbocycles. The molecule has 2 aliphatic heterocycles. The van der Waals surface area contributed by atoms with E-state index in [1.54, 1.807) is 0 Å². The molecule has 20 heteroatoms. The van der Waals surface area contributed by atoms with Crippen molar-refractivity contribution in [3.8, 4) is 45.6 Å². The lowest BCUT2D eigenvalue weighted by atomic mass is 9.84. The van der Waals surface area contributed by atoms with Crippen molar-refractivity contribution in [2.75, 3.05) is 13.2 Å². The lowest BCUT2D eigenvalue weighted by molar-refractivity contribution is -0.277. The molecule has 0 radical (unpaired) electrons. The minimum atomic E-state index is -1.93. The van der Waals surface area contributed by atoms with Crippen LogP contribution in [0, 0.1) is 0 Å². The van der Waals surface area contributed by atoms with Crippen LogP contribution >= 0.6 is 0 Å². The number of rotatable bonds is 9. The Kier molecular flexibility index (Phi) is 10.9. The molecule has 6 aromatic carbocycles. The number of aromatic carboxylic acids is 2. The first-order valence-corrected chi connectivity index (χ1v) is 18.8. The number of carbonyl (C=O) groups is 2. The van der Waals surface area contributed by atoms with Gasteiger partial charge < -0.3 is 90.4 Å².